The zero-order valence-electron chi connectivity index (χ0n) is 21.1. The molecule has 1 heterocycles. The first-order chi connectivity index (χ1) is 16.5. The van der Waals surface area contributed by atoms with Gasteiger partial charge < -0.3 is 19.8 Å². The molecule has 0 aromatic heterocycles. The Morgan fingerprint density at radius 1 is 1.26 bits per heavy atom. The van der Waals surface area contributed by atoms with Crippen molar-refractivity contribution >= 4 is 15.9 Å². The van der Waals surface area contributed by atoms with Crippen LogP contribution < -0.4 is 4.74 Å². The summed E-state index contributed by atoms with van der Waals surface area (Å²) in [6.45, 7) is 5.28. The highest BCUT2D eigenvalue weighted by Crippen LogP contribution is 2.34. The van der Waals surface area contributed by atoms with Crippen LogP contribution in [0.15, 0.2) is 23.1 Å². The van der Waals surface area contributed by atoms with Crippen LogP contribution in [-0.4, -0.2) is 78.7 Å². The van der Waals surface area contributed by atoms with Crippen molar-refractivity contribution in [1.82, 2.24) is 9.21 Å². The number of amides is 1. The first kappa shape index (κ1) is 27.5. The Morgan fingerprint density at radius 2 is 1.94 bits per heavy atom. The molecule has 35 heavy (non-hydrogen) atoms. The third-order valence-electron chi connectivity index (χ3n) is 6.88. The summed E-state index contributed by atoms with van der Waals surface area (Å²) in [4.78, 5) is 14.8. The van der Waals surface area contributed by atoms with Gasteiger partial charge in [-0.1, -0.05) is 38.0 Å². The van der Waals surface area contributed by atoms with Crippen LogP contribution in [0.25, 0.3) is 0 Å². The number of sulfonamides is 1. The van der Waals surface area contributed by atoms with Gasteiger partial charge in [0.15, 0.2) is 0 Å². The lowest BCUT2D eigenvalue weighted by Gasteiger charge is -2.38. The number of rotatable bonds is 5. The minimum absolute atomic E-state index is 0.00134. The summed E-state index contributed by atoms with van der Waals surface area (Å²) < 4.78 is 34.7. The largest absolute Gasteiger partial charge is 0.487 e. The van der Waals surface area contributed by atoms with Crippen LogP contribution in [-0.2, 0) is 14.8 Å². The van der Waals surface area contributed by atoms with Gasteiger partial charge in [0.05, 0.1) is 13.2 Å². The lowest BCUT2D eigenvalue weighted by Crippen LogP contribution is -2.50. The average Bonchev–Trinajstić information content (AvgIpc) is 2.84. The summed E-state index contributed by atoms with van der Waals surface area (Å²) in [7, 11) is -2.17. The van der Waals surface area contributed by atoms with Crippen molar-refractivity contribution < 1.29 is 28.2 Å². The molecule has 2 aliphatic rings. The smallest absolute Gasteiger partial charge is 0.247 e. The van der Waals surface area contributed by atoms with E-state index in [-0.39, 0.29) is 41.5 Å². The van der Waals surface area contributed by atoms with Crippen LogP contribution in [0.3, 0.4) is 0 Å². The molecule has 1 amide bonds. The van der Waals surface area contributed by atoms with E-state index in [9.17, 15) is 23.4 Å². The number of ether oxygens (including phenoxy) is 1. The lowest BCUT2D eigenvalue weighted by molar-refractivity contribution is -0.136. The summed E-state index contributed by atoms with van der Waals surface area (Å²) in [5.41, 5.74) is 0.514. The van der Waals surface area contributed by atoms with Gasteiger partial charge in [0.1, 0.15) is 22.9 Å². The Kier molecular flexibility index (Phi) is 9.22. The summed E-state index contributed by atoms with van der Waals surface area (Å²) >= 11 is 0. The number of aliphatic hydroxyl groups is 2. The van der Waals surface area contributed by atoms with Crippen molar-refractivity contribution in [3.05, 3.63) is 23.8 Å². The third kappa shape index (κ3) is 6.56. The second kappa shape index (κ2) is 11.7. The van der Waals surface area contributed by atoms with Gasteiger partial charge in [0.25, 0.3) is 0 Å². The third-order valence-corrected chi connectivity index (χ3v) is 8.90. The molecule has 1 aromatic carbocycles. The molecular formula is C26H38N2O6S. The van der Waals surface area contributed by atoms with Gasteiger partial charge in [-0.3, -0.25) is 4.79 Å². The Bertz CT molecular complexity index is 1060. The zero-order valence-corrected chi connectivity index (χ0v) is 21.9. The molecule has 1 aliphatic carbocycles. The fourth-order valence-electron chi connectivity index (χ4n) is 4.73. The highest BCUT2D eigenvalue weighted by Gasteiger charge is 2.38. The number of hydrogen-bond acceptors (Lipinski definition) is 6. The van der Waals surface area contributed by atoms with Gasteiger partial charge >= 0.3 is 0 Å². The summed E-state index contributed by atoms with van der Waals surface area (Å²) in [5, 5.41) is 19.3. The Morgan fingerprint density at radius 3 is 2.57 bits per heavy atom. The maximum absolute atomic E-state index is 13.5. The lowest BCUT2D eigenvalue weighted by atomic mass is 9.88. The highest BCUT2D eigenvalue weighted by molar-refractivity contribution is 7.89. The standard InChI is InChI=1S/C26H38N2O6S/c1-18-15-28(19(2)17-29)35(32,33)25-13-12-21(11-10-20(3)30)14-23(25)34-24(18)16-27(4)26(31)22-8-6-5-7-9-22/h12-14,18-20,22,24,29-30H,5-9,15-17H2,1-4H3/t18-,19-,20-,24-/m0/s1. The number of nitrogens with zero attached hydrogens (tertiary/aromatic N) is 2. The van der Waals surface area contributed by atoms with E-state index in [1.54, 1.807) is 37.9 Å². The van der Waals surface area contributed by atoms with Crippen molar-refractivity contribution in [1.29, 1.82) is 0 Å². The average molecular weight is 507 g/mol. The topological polar surface area (TPSA) is 107 Å². The van der Waals surface area contributed by atoms with Gasteiger partial charge in [-0.15, -0.1) is 0 Å². The second-order valence-corrected chi connectivity index (χ2v) is 11.8. The van der Waals surface area contributed by atoms with Crippen molar-refractivity contribution in [2.45, 2.75) is 76.0 Å². The number of fused-ring (bicyclic) bond motifs is 1. The van der Waals surface area contributed by atoms with Crippen molar-refractivity contribution in [3.8, 4) is 17.6 Å². The van der Waals surface area contributed by atoms with E-state index >= 15 is 0 Å². The van der Waals surface area contributed by atoms with Gasteiger partial charge in [-0.2, -0.15) is 4.31 Å². The number of carbonyl (C=O) groups is 1. The normalized spacial score (nSPS) is 24.5. The molecule has 4 atom stereocenters. The molecule has 194 valence electrons. The Balaban J connectivity index is 1.97. The minimum atomic E-state index is -3.95. The monoisotopic (exact) mass is 506 g/mol. The predicted molar refractivity (Wildman–Crippen MR) is 133 cm³/mol. The van der Waals surface area contributed by atoms with Gasteiger partial charge in [0, 0.05) is 37.0 Å². The van der Waals surface area contributed by atoms with Gasteiger partial charge in [0.2, 0.25) is 15.9 Å². The van der Waals surface area contributed by atoms with Crippen LogP contribution in [0.1, 0.15) is 58.4 Å². The SMILES string of the molecule is C[C@H](O)C#Cc1ccc2c(c1)O[C@@H](CN(C)C(=O)C1CCCCC1)[C@@H](C)CN([C@@H](C)CO)S2(=O)=O. The molecule has 2 N–H and O–H groups in total. The molecule has 0 radical (unpaired) electrons. The van der Waals surface area contributed by atoms with Crippen molar-refractivity contribution in [2.75, 3.05) is 26.7 Å². The molecule has 3 rings (SSSR count). The number of benzene rings is 1. The fourth-order valence-corrected chi connectivity index (χ4v) is 6.56. The molecule has 1 saturated carbocycles. The maximum Gasteiger partial charge on any atom is 0.247 e. The van der Waals surface area contributed by atoms with Crippen LogP contribution in [0.2, 0.25) is 0 Å². The van der Waals surface area contributed by atoms with Gasteiger partial charge in [-0.05, 0) is 44.9 Å². The summed E-state index contributed by atoms with van der Waals surface area (Å²) in [6.07, 6.45) is 3.81. The molecule has 1 fully saturated rings. The second-order valence-electron chi connectivity index (χ2n) is 9.90. The van der Waals surface area contributed by atoms with E-state index in [1.807, 2.05) is 6.92 Å². The van der Waals surface area contributed by atoms with E-state index in [0.29, 0.717) is 12.1 Å². The molecule has 0 bridgehead atoms. The number of carbonyl (C=O) groups excluding carboxylic acids is 1. The molecule has 0 unspecified atom stereocenters. The van der Waals surface area contributed by atoms with Crippen molar-refractivity contribution in [2.24, 2.45) is 11.8 Å². The van der Waals surface area contributed by atoms with Crippen LogP contribution >= 0.6 is 0 Å². The van der Waals surface area contributed by atoms with Gasteiger partial charge in [-0.25, -0.2) is 8.42 Å². The Hall–Kier alpha value is -2.12. The highest BCUT2D eigenvalue weighted by atomic mass is 32.2. The molecule has 9 heteroatoms. The summed E-state index contributed by atoms with van der Waals surface area (Å²) in [5.74, 6) is 5.54. The first-order valence-electron chi connectivity index (χ1n) is 12.4. The molecule has 0 spiro atoms. The molecule has 0 saturated heterocycles. The van der Waals surface area contributed by atoms with E-state index in [4.69, 9.17) is 4.74 Å². The van der Waals surface area contributed by atoms with E-state index < -0.39 is 28.3 Å². The van der Waals surface area contributed by atoms with E-state index in [1.165, 1.54) is 16.8 Å². The first-order valence-corrected chi connectivity index (χ1v) is 13.9. The van der Waals surface area contributed by atoms with E-state index in [2.05, 4.69) is 11.8 Å². The minimum Gasteiger partial charge on any atom is -0.487 e. The van der Waals surface area contributed by atoms with E-state index in [0.717, 1.165) is 25.7 Å². The molecule has 1 aliphatic heterocycles. The summed E-state index contributed by atoms with van der Waals surface area (Å²) in [6, 6.07) is 3.98. The molecule has 8 nitrogen and oxygen atoms in total. The van der Waals surface area contributed by atoms with Crippen LogP contribution in [0.4, 0.5) is 0 Å². The van der Waals surface area contributed by atoms with Crippen LogP contribution in [0.5, 0.6) is 5.75 Å². The predicted octanol–water partition coefficient (Wildman–Crippen LogP) is 2.23. The number of hydrogen-bond donors (Lipinski definition) is 2. The number of likely N-dealkylation sites (N-methyl/N-ethyl adjacent to an activating group) is 1. The number of aliphatic hydroxyl groups excluding tert-OH is 2. The zero-order chi connectivity index (χ0) is 25.8. The van der Waals surface area contributed by atoms with Crippen LogP contribution in [0, 0.1) is 23.7 Å². The Labute approximate surface area is 209 Å². The van der Waals surface area contributed by atoms with Crippen molar-refractivity contribution in [3.63, 3.8) is 0 Å². The quantitative estimate of drug-likeness (QED) is 0.593. The fraction of sp³-hybridized carbons (Fsp3) is 0.654. The maximum atomic E-state index is 13.5. The molecule has 1 aromatic rings. The molecular weight excluding hydrogens is 468 g/mol.